The summed E-state index contributed by atoms with van der Waals surface area (Å²) in [5.74, 6) is -0.747. The number of halogens is 3. The Morgan fingerprint density at radius 1 is 1.50 bits per heavy atom. The van der Waals surface area contributed by atoms with Gasteiger partial charge in [0.1, 0.15) is 0 Å². The lowest BCUT2D eigenvalue weighted by Gasteiger charge is -2.10. The van der Waals surface area contributed by atoms with Crippen LogP contribution in [0.15, 0.2) is 12.3 Å². The highest BCUT2D eigenvalue weighted by Crippen LogP contribution is 2.32. The van der Waals surface area contributed by atoms with Crippen LogP contribution in [0.3, 0.4) is 0 Å². The molecule has 0 radical (unpaired) electrons. The second-order valence-corrected chi connectivity index (χ2v) is 2.68. The summed E-state index contributed by atoms with van der Waals surface area (Å²) >= 11 is 0. The maximum absolute atomic E-state index is 12.3. The Bertz CT molecular complexity index is 373. The van der Waals surface area contributed by atoms with Crippen molar-refractivity contribution in [1.82, 2.24) is 4.98 Å². The van der Waals surface area contributed by atoms with E-state index >= 15 is 0 Å². The monoisotopic (exact) mass is 204 g/mol. The first kappa shape index (κ1) is 10.5. The number of pyridine rings is 1. The minimum Gasteiger partial charge on any atom is -0.398 e. The van der Waals surface area contributed by atoms with E-state index in [2.05, 4.69) is 4.98 Å². The molecule has 0 aliphatic carbocycles. The summed E-state index contributed by atoms with van der Waals surface area (Å²) in [7, 11) is 0. The number of carbonyl (C=O) groups excluding carboxylic acids is 1. The highest BCUT2D eigenvalue weighted by molar-refractivity contribution is 6.00. The number of alkyl halides is 3. The predicted octanol–water partition coefficient (Wildman–Crippen LogP) is 1.89. The first-order chi connectivity index (χ1) is 6.34. The van der Waals surface area contributed by atoms with Crippen LogP contribution >= 0.6 is 0 Å². The van der Waals surface area contributed by atoms with E-state index in [4.69, 9.17) is 5.73 Å². The predicted molar refractivity (Wildman–Crippen MR) is 43.7 cm³/mol. The third kappa shape index (κ3) is 1.84. The zero-order valence-corrected chi connectivity index (χ0v) is 7.22. The van der Waals surface area contributed by atoms with E-state index in [9.17, 15) is 18.0 Å². The molecule has 0 saturated heterocycles. The fourth-order valence-corrected chi connectivity index (χ4v) is 1.06. The lowest BCUT2D eigenvalue weighted by Crippen LogP contribution is -2.16. The van der Waals surface area contributed by atoms with Crippen molar-refractivity contribution in [3.05, 3.63) is 23.5 Å². The van der Waals surface area contributed by atoms with Gasteiger partial charge in [0.05, 0.1) is 5.56 Å². The molecule has 0 atom stereocenters. The number of Topliss-reactive ketones (excluding diaryl/α,β-unsaturated/α-hetero) is 1. The van der Waals surface area contributed by atoms with Gasteiger partial charge in [-0.05, 0) is 13.0 Å². The van der Waals surface area contributed by atoms with Crippen LogP contribution in [0.5, 0.6) is 0 Å². The van der Waals surface area contributed by atoms with Crippen LogP contribution in [0, 0.1) is 0 Å². The SMILES string of the molecule is CC(=O)c1c(N)ccnc1C(F)(F)F. The smallest absolute Gasteiger partial charge is 0.398 e. The summed E-state index contributed by atoms with van der Waals surface area (Å²) in [6.07, 6.45) is -3.74. The van der Waals surface area contributed by atoms with Gasteiger partial charge in [-0.1, -0.05) is 0 Å². The third-order valence-electron chi connectivity index (χ3n) is 1.60. The van der Waals surface area contributed by atoms with Crippen molar-refractivity contribution in [3.63, 3.8) is 0 Å². The molecule has 0 amide bonds. The van der Waals surface area contributed by atoms with Crippen molar-refractivity contribution in [2.45, 2.75) is 13.1 Å². The van der Waals surface area contributed by atoms with Gasteiger partial charge in [0.15, 0.2) is 11.5 Å². The third-order valence-corrected chi connectivity index (χ3v) is 1.60. The largest absolute Gasteiger partial charge is 0.434 e. The fraction of sp³-hybridized carbons (Fsp3) is 0.250. The lowest BCUT2D eigenvalue weighted by molar-refractivity contribution is -0.141. The normalized spacial score (nSPS) is 11.4. The summed E-state index contributed by atoms with van der Waals surface area (Å²) in [4.78, 5) is 14.0. The molecule has 1 rings (SSSR count). The molecule has 1 aromatic rings. The Morgan fingerprint density at radius 2 is 2.07 bits per heavy atom. The Kier molecular flexibility index (Phi) is 2.46. The second-order valence-electron chi connectivity index (χ2n) is 2.68. The van der Waals surface area contributed by atoms with Gasteiger partial charge in [0.25, 0.3) is 0 Å². The van der Waals surface area contributed by atoms with Crippen LogP contribution in [0.25, 0.3) is 0 Å². The van der Waals surface area contributed by atoms with E-state index in [0.717, 1.165) is 19.2 Å². The van der Waals surface area contributed by atoms with Gasteiger partial charge in [-0.15, -0.1) is 0 Å². The Labute approximate surface area is 77.7 Å². The van der Waals surface area contributed by atoms with E-state index in [1.807, 2.05) is 0 Å². The van der Waals surface area contributed by atoms with E-state index in [1.54, 1.807) is 0 Å². The topological polar surface area (TPSA) is 56.0 Å². The Morgan fingerprint density at radius 3 is 2.43 bits per heavy atom. The van der Waals surface area contributed by atoms with Crippen molar-refractivity contribution < 1.29 is 18.0 Å². The van der Waals surface area contributed by atoms with Gasteiger partial charge in [0.2, 0.25) is 0 Å². The molecule has 76 valence electrons. The van der Waals surface area contributed by atoms with Gasteiger partial charge in [-0.2, -0.15) is 13.2 Å². The average Bonchev–Trinajstić information content (AvgIpc) is 2.01. The van der Waals surface area contributed by atoms with Crippen LogP contribution in [0.1, 0.15) is 23.0 Å². The average molecular weight is 204 g/mol. The zero-order chi connectivity index (χ0) is 10.9. The number of nitrogens with zero attached hydrogens (tertiary/aromatic N) is 1. The summed E-state index contributed by atoms with van der Waals surface area (Å²) in [6, 6.07) is 1.16. The summed E-state index contributed by atoms with van der Waals surface area (Å²) < 4.78 is 37.0. The molecule has 0 aliphatic rings. The van der Waals surface area contributed by atoms with Crippen molar-refractivity contribution >= 4 is 11.5 Å². The lowest BCUT2D eigenvalue weighted by atomic mass is 10.1. The summed E-state index contributed by atoms with van der Waals surface area (Å²) in [5, 5.41) is 0. The van der Waals surface area contributed by atoms with Gasteiger partial charge < -0.3 is 5.73 Å². The molecule has 0 fully saturated rings. The molecule has 0 aliphatic heterocycles. The van der Waals surface area contributed by atoms with Crippen molar-refractivity contribution in [1.29, 1.82) is 0 Å². The van der Waals surface area contributed by atoms with Crippen molar-refractivity contribution in [2.75, 3.05) is 5.73 Å². The number of anilines is 1. The molecule has 14 heavy (non-hydrogen) atoms. The molecule has 0 spiro atoms. The first-order valence-corrected chi connectivity index (χ1v) is 3.66. The number of nitrogens with two attached hydrogens (primary N) is 1. The van der Waals surface area contributed by atoms with Crippen LogP contribution in [0.2, 0.25) is 0 Å². The van der Waals surface area contributed by atoms with E-state index < -0.39 is 23.2 Å². The van der Waals surface area contributed by atoms with Gasteiger partial charge in [-0.3, -0.25) is 9.78 Å². The van der Waals surface area contributed by atoms with E-state index in [0.29, 0.717) is 0 Å². The van der Waals surface area contributed by atoms with E-state index in [1.165, 1.54) is 0 Å². The maximum atomic E-state index is 12.3. The molecule has 0 saturated carbocycles. The molecule has 1 heterocycles. The van der Waals surface area contributed by atoms with Crippen LogP contribution in [0.4, 0.5) is 18.9 Å². The molecular formula is C8H7F3N2O. The molecule has 3 nitrogen and oxygen atoms in total. The van der Waals surface area contributed by atoms with E-state index in [-0.39, 0.29) is 5.69 Å². The highest BCUT2D eigenvalue weighted by atomic mass is 19.4. The van der Waals surface area contributed by atoms with Gasteiger partial charge >= 0.3 is 6.18 Å². The number of rotatable bonds is 1. The second kappa shape index (κ2) is 3.28. The standard InChI is InChI=1S/C8H7F3N2O/c1-4(14)6-5(12)2-3-13-7(6)8(9,10)11/h2-3H,1H3,(H2,12,13). The van der Waals surface area contributed by atoms with Crippen molar-refractivity contribution in [3.8, 4) is 0 Å². The number of carbonyl (C=O) groups is 1. The Hall–Kier alpha value is -1.59. The van der Waals surface area contributed by atoms with Gasteiger partial charge in [-0.25, -0.2) is 0 Å². The Balaban J connectivity index is 3.44. The number of nitrogen functional groups attached to an aromatic ring is 1. The quantitative estimate of drug-likeness (QED) is 0.710. The van der Waals surface area contributed by atoms with Gasteiger partial charge in [0, 0.05) is 11.9 Å². The number of hydrogen-bond acceptors (Lipinski definition) is 3. The zero-order valence-electron chi connectivity index (χ0n) is 7.22. The summed E-state index contributed by atoms with van der Waals surface area (Å²) in [5.41, 5.74) is 3.25. The molecule has 0 unspecified atom stereocenters. The van der Waals surface area contributed by atoms with Crippen LogP contribution < -0.4 is 5.73 Å². The number of ketones is 1. The van der Waals surface area contributed by atoms with Crippen LogP contribution in [-0.2, 0) is 6.18 Å². The molecule has 0 aromatic carbocycles. The minimum atomic E-state index is -4.66. The molecular weight excluding hydrogens is 197 g/mol. The summed E-state index contributed by atoms with van der Waals surface area (Å²) in [6.45, 7) is 1.02. The first-order valence-electron chi connectivity index (χ1n) is 3.66. The molecule has 0 bridgehead atoms. The molecule has 1 aromatic heterocycles. The number of aromatic nitrogens is 1. The minimum absolute atomic E-state index is 0.208. The highest BCUT2D eigenvalue weighted by Gasteiger charge is 2.37. The van der Waals surface area contributed by atoms with Crippen LogP contribution in [-0.4, -0.2) is 10.8 Å². The van der Waals surface area contributed by atoms with Crippen molar-refractivity contribution in [2.24, 2.45) is 0 Å². The fourth-order valence-electron chi connectivity index (χ4n) is 1.06. The molecule has 6 heteroatoms. The maximum Gasteiger partial charge on any atom is 0.434 e. The number of hydrogen-bond donors (Lipinski definition) is 1. The molecule has 2 N–H and O–H groups in total.